The van der Waals surface area contributed by atoms with Crippen LogP contribution in [0.25, 0.3) is 0 Å². The van der Waals surface area contributed by atoms with Crippen LogP contribution in [0.15, 0.2) is 24.5 Å². The Labute approximate surface area is 90.7 Å². The first-order chi connectivity index (χ1) is 7.24. The lowest BCUT2D eigenvalue weighted by molar-refractivity contribution is -0.124. The lowest BCUT2D eigenvalue weighted by Crippen LogP contribution is -2.35. The molecule has 1 aromatic rings. The van der Waals surface area contributed by atoms with Gasteiger partial charge in [0.15, 0.2) is 0 Å². The molecule has 4 heteroatoms. The molecule has 84 valence electrons. The molecule has 0 bridgehead atoms. The summed E-state index contributed by atoms with van der Waals surface area (Å²) >= 11 is 0. The normalized spacial score (nSPS) is 12.4. The van der Waals surface area contributed by atoms with Gasteiger partial charge in [-0.15, -0.1) is 0 Å². The molecular formula is C11H19N3O. The van der Waals surface area contributed by atoms with E-state index >= 15 is 0 Å². The maximum Gasteiger partial charge on any atom is 0.224 e. The second kappa shape index (κ2) is 6.24. The van der Waals surface area contributed by atoms with Crippen LogP contribution < -0.4 is 10.6 Å². The SMILES string of the molecule is CNCC(C)C(=O)NCCn1cccc1. The fourth-order valence-electron chi connectivity index (χ4n) is 1.40. The number of aromatic nitrogens is 1. The largest absolute Gasteiger partial charge is 0.354 e. The summed E-state index contributed by atoms with van der Waals surface area (Å²) in [6.07, 6.45) is 3.98. The van der Waals surface area contributed by atoms with Gasteiger partial charge >= 0.3 is 0 Å². The molecule has 0 saturated carbocycles. The monoisotopic (exact) mass is 209 g/mol. The Kier molecular flexibility index (Phi) is 4.90. The number of carbonyl (C=O) groups excluding carboxylic acids is 1. The smallest absolute Gasteiger partial charge is 0.224 e. The van der Waals surface area contributed by atoms with E-state index in [0.29, 0.717) is 6.54 Å². The molecule has 1 unspecified atom stereocenters. The first kappa shape index (κ1) is 11.8. The molecular weight excluding hydrogens is 190 g/mol. The number of rotatable bonds is 6. The van der Waals surface area contributed by atoms with E-state index in [1.54, 1.807) is 0 Å². The lowest BCUT2D eigenvalue weighted by Gasteiger charge is -2.11. The molecule has 0 fully saturated rings. The Bertz CT molecular complexity index is 282. The van der Waals surface area contributed by atoms with E-state index in [-0.39, 0.29) is 11.8 Å². The summed E-state index contributed by atoms with van der Waals surface area (Å²) in [6, 6.07) is 3.96. The van der Waals surface area contributed by atoms with Crippen molar-refractivity contribution < 1.29 is 4.79 Å². The highest BCUT2D eigenvalue weighted by Crippen LogP contribution is 1.92. The van der Waals surface area contributed by atoms with Crippen LogP contribution in [0, 0.1) is 5.92 Å². The topological polar surface area (TPSA) is 46.1 Å². The van der Waals surface area contributed by atoms with E-state index in [2.05, 4.69) is 10.6 Å². The van der Waals surface area contributed by atoms with E-state index in [1.165, 1.54) is 0 Å². The summed E-state index contributed by atoms with van der Waals surface area (Å²) in [5.41, 5.74) is 0. The molecule has 0 aromatic carbocycles. The van der Waals surface area contributed by atoms with E-state index in [1.807, 2.05) is 43.1 Å². The summed E-state index contributed by atoms with van der Waals surface area (Å²) < 4.78 is 2.04. The zero-order valence-electron chi connectivity index (χ0n) is 9.36. The molecule has 0 saturated heterocycles. The first-order valence-corrected chi connectivity index (χ1v) is 5.27. The molecule has 0 radical (unpaired) electrons. The van der Waals surface area contributed by atoms with Gasteiger partial charge in [-0.25, -0.2) is 0 Å². The molecule has 1 rings (SSSR count). The van der Waals surface area contributed by atoms with Crippen molar-refractivity contribution >= 4 is 5.91 Å². The number of amides is 1. The van der Waals surface area contributed by atoms with Crippen LogP contribution in [0.2, 0.25) is 0 Å². The van der Waals surface area contributed by atoms with Gasteiger partial charge in [-0.2, -0.15) is 0 Å². The van der Waals surface area contributed by atoms with Crippen molar-refractivity contribution in [2.45, 2.75) is 13.5 Å². The Morgan fingerprint density at radius 1 is 1.40 bits per heavy atom. The van der Waals surface area contributed by atoms with E-state index in [0.717, 1.165) is 13.1 Å². The highest BCUT2D eigenvalue weighted by molar-refractivity contribution is 5.78. The number of hydrogen-bond acceptors (Lipinski definition) is 2. The van der Waals surface area contributed by atoms with E-state index in [4.69, 9.17) is 0 Å². The van der Waals surface area contributed by atoms with Crippen LogP contribution in [0.4, 0.5) is 0 Å². The van der Waals surface area contributed by atoms with Crippen molar-refractivity contribution in [3.63, 3.8) is 0 Å². The molecule has 0 aliphatic rings. The fourth-order valence-corrected chi connectivity index (χ4v) is 1.40. The minimum Gasteiger partial charge on any atom is -0.354 e. The Hall–Kier alpha value is -1.29. The van der Waals surface area contributed by atoms with Crippen LogP contribution >= 0.6 is 0 Å². The van der Waals surface area contributed by atoms with Crippen molar-refractivity contribution in [3.05, 3.63) is 24.5 Å². The van der Waals surface area contributed by atoms with Gasteiger partial charge in [0.2, 0.25) is 5.91 Å². The number of nitrogens with zero attached hydrogens (tertiary/aromatic N) is 1. The van der Waals surface area contributed by atoms with Gasteiger partial charge < -0.3 is 15.2 Å². The van der Waals surface area contributed by atoms with Crippen molar-refractivity contribution in [1.29, 1.82) is 0 Å². The highest BCUT2D eigenvalue weighted by atomic mass is 16.1. The Morgan fingerprint density at radius 2 is 2.07 bits per heavy atom. The molecule has 1 aromatic heterocycles. The van der Waals surface area contributed by atoms with Crippen molar-refractivity contribution in [2.24, 2.45) is 5.92 Å². The van der Waals surface area contributed by atoms with Crippen LogP contribution in [0.1, 0.15) is 6.92 Å². The van der Waals surface area contributed by atoms with Crippen molar-refractivity contribution in [1.82, 2.24) is 15.2 Å². The average molecular weight is 209 g/mol. The van der Waals surface area contributed by atoms with Gasteiger partial charge in [-0.1, -0.05) is 6.92 Å². The molecule has 0 spiro atoms. The van der Waals surface area contributed by atoms with Crippen molar-refractivity contribution in [3.8, 4) is 0 Å². The van der Waals surface area contributed by atoms with Gasteiger partial charge in [0.25, 0.3) is 0 Å². The van der Waals surface area contributed by atoms with Gasteiger partial charge in [0.05, 0.1) is 0 Å². The number of nitrogens with one attached hydrogen (secondary N) is 2. The fraction of sp³-hybridized carbons (Fsp3) is 0.545. The first-order valence-electron chi connectivity index (χ1n) is 5.27. The standard InChI is InChI=1S/C11H19N3O/c1-10(9-12-2)11(15)13-5-8-14-6-3-4-7-14/h3-4,6-7,10,12H,5,8-9H2,1-2H3,(H,13,15). The molecule has 1 amide bonds. The predicted octanol–water partition coefficient (Wildman–Crippen LogP) is 0.460. The van der Waals surface area contributed by atoms with Gasteiger partial charge in [-0.3, -0.25) is 4.79 Å². The Morgan fingerprint density at radius 3 is 2.67 bits per heavy atom. The highest BCUT2D eigenvalue weighted by Gasteiger charge is 2.10. The van der Waals surface area contributed by atoms with E-state index in [9.17, 15) is 4.79 Å². The van der Waals surface area contributed by atoms with Gasteiger partial charge in [-0.05, 0) is 19.2 Å². The van der Waals surface area contributed by atoms with Gasteiger partial charge in [0.1, 0.15) is 0 Å². The maximum atomic E-state index is 11.5. The number of hydrogen-bond donors (Lipinski definition) is 2. The van der Waals surface area contributed by atoms with Crippen LogP contribution in [-0.2, 0) is 11.3 Å². The van der Waals surface area contributed by atoms with Crippen LogP contribution in [0.3, 0.4) is 0 Å². The summed E-state index contributed by atoms with van der Waals surface area (Å²) in [5, 5.41) is 5.89. The molecule has 0 aliphatic heterocycles. The summed E-state index contributed by atoms with van der Waals surface area (Å²) in [7, 11) is 1.85. The molecule has 1 heterocycles. The van der Waals surface area contributed by atoms with E-state index < -0.39 is 0 Å². The van der Waals surface area contributed by atoms with Gasteiger partial charge in [0, 0.05) is 37.9 Å². The zero-order valence-corrected chi connectivity index (χ0v) is 9.36. The Balaban J connectivity index is 2.17. The molecule has 15 heavy (non-hydrogen) atoms. The second-order valence-corrected chi connectivity index (χ2v) is 3.67. The lowest BCUT2D eigenvalue weighted by atomic mass is 10.1. The number of carbonyl (C=O) groups is 1. The third-order valence-corrected chi connectivity index (χ3v) is 2.29. The molecule has 1 atom stereocenters. The molecule has 0 aliphatic carbocycles. The quantitative estimate of drug-likeness (QED) is 0.715. The predicted molar refractivity (Wildman–Crippen MR) is 60.5 cm³/mol. The minimum absolute atomic E-state index is 0.0275. The van der Waals surface area contributed by atoms with Crippen LogP contribution in [-0.4, -0.2) is 30.6 Å². The second-order valence-electron chi connectivity index (χ2n) is 3.67. The maximum absolute atomic E-state index is 11.5. The molecule has 4 nitrogen and oxygen atoms in total. The molecule has 2 N–H and O–H groups in total. The third kappa shape index (κ3) is 4.16. The summed E-state index contributed by atoms with van der Waals surface area (Å²) in [5.74, 6) is 0.135. The minimum atomic E-state index is 0.0275. The van der Waals surface area contributed by atoms with Crippen molar-refractivity contribution in [2.75, 3.05) is 20.1 Å². The zero-order chi connectivity index (χ0) is 11.1. The summed E-state index contributed by atoms with van der Waals surface area (Å²) in [4.78, 5) is 11.5. The van der Waals surface area contributed by atoms with Crippen LogP contribution in [0.5, 0.6) is 0 Å². The average Bonchev–Trinajstić information content (AvgIpc) is 2.71. The third-order valence-electron chi connectivity index (χ3n) is 2.29. The summed E-state index contributed by atoms with van der Waals surface area (Å²) in [6.45, 7) is 4.14.